The molecular formula is C17H27NO4. The molecule has 0 aliphatic carbocycles. The summed E-state index contributed by atoms with van der Waals surface area (Å²) in [5.41, 5.74) is 7.19. The van der Waals surface area contributed by atoms with Gasteiger partial charge in [-0.2, -0.15) is 0 Å². The second-order valence-corrected chi connectivity index (χ2v) is 5.50. The van der Waals surface area contributed by atoms with E-state index in [-0.39, 0.29) is 18.3 Å². The number of rotatable bonds is 9. The van der Waals surface area contributed by atoms with Crippen molar-refractivity contribution in [1.29, 1.82) is 0 Å². The van der Waals surface area contributed by atoms with E-state index in [0.717, 1.165) is 24.2 Å². The van der Waals surface area contributed by atoms with E-state index in [4.69, 9.17) is 15.2 Å². The molecule has 1 aromatic carbocycles. The molecule has 0 heterocycles. The summed E-state index contributed by atoms with van der Waals surface area (Å²) in [4.78, 5) is 11.5. The number of nitrogens with two attached hydrogens (primary N) is 1. The van der Waals surface area contributed by atoms with Crippen LogP contribution in [0.25, 0.3) is 0 Å². The van der Waals surface area contributed by atoms with Gasteiger partial charge < -0.3 is 20.3 Å². The minimum Gasteiger partial charge on any atom is -0.497 e. The Morgan fingerprint density at radius 3 is 2.41 bits per heavy atom. The van der Waals surface area contributed by atoms with Gasteiger partial charge in [0.1, 0.15) is 5.75 Å². The van der Waals surface area contributed by atoms with Crippen molar-refractivity contribution in [3.63, 3.8) is 0 Å². The van der Waals surface area contributed by atoms with Gasteiger partial charge in [0.05, 0.1) is 26.7 Å². The van der Waals surface area contributed by atoms with Gasteiger partial charge in [0.2, 0.25) is 0 Å². The lowest BCUT2D eigenvalue weighted by Crippen LogP contribution is -2.33. The summed E-state index contributed by atoms with van der Waals surface area (Å²) in [6.45, 7) is 2.03. The summed E-state index contributed by atoms with van der Waals surface area (Å²) in [7, 11) is 2.96. The highest BCUT2D eigenvalue weighted by Crippen LogP contribution is 2.28. The summed E-state index contributed by atoms with van der Waals surface area (Å²) in [5, 5.41) is 10.1. The fourth-order valence-corrected chi connectivity index (χ4v) is 2.57. The molecule has 0 aliphatic heterocycles. The molecular weight excluding hydrogens is 282 g/mol. The van der Waals surface area contributed by atoms with E-state index >= 15 is 0 Å². The van der Waals surface area contributed by atoms with E-state index < -0.39 is 12.1 Å². The van der Waals surface area contributed by atoms with Gasteiger partial charge in [-0.15, -0.1) is 0 Å². The molecule has 0 unspecified atom stereocenters. The van der Waals surface area contributed by atoms with Crippen molar-refractivity contribution >= 4 is 5.97 Å². The standard InChI is InChI=1S/C17H27NO4/c1-4-5-13(19)10-15(16(18)11-17(20)22-3)12-6-8-14(21-2)9-7-12/h6-9,13,15-16,19H,4-5,10-11,18H2,1-3H3/t13-,15+,16+/m1/s1. The highest BCUT2D eigenvalue weighted by molar-refractivity contribution is 5.70. The minimum atomic E-state index is -0.430. The van der Waals surface area contributed by atoms with Crippen molar-refractivity contribution in [2.45, 2.75) is 50.7 Å². The Kier molecular flexibility index (Phi) is 7.91. The van der Waals surface area contributed by atoms with Crippen LogP contribution in [-0.2, 0) is 9.53 Å². The molecule has 0 bridgehead atoms. The Hall–Kier alpha value is -1.59. The Labute approximate surface area is 132 Å². The number of benzene rings is 1. The molecule has 1 aromatic rings. The number of aliphatic hydroxyl groups excluding tert-OH is 1. The topological polar surface area (TPSA) is 81.8 Å². The predicted molar refractivity (Wildman–Crippen MR) is 85.9 cm³/mol. The maximum Gasteiger partial charge on any atom is 0.307 e. The van der Waals surface area contributed by atoms with Crippen LogP contribution in [0.5, 0.6) is 5.75 Å². The molecule has 0 saturated carbocycles. The Bertz CT molecular complexity index is 446. The van der Waals surface area contributed by atoms with Crippen LogP contribution in [0, 0.1) is 0 Å². The number of ether oxygens (including phenoxy) is 2. The summed E-state index contributed by atoms with van der Waals surface area (Å²) in [5.74, 6) is 0.320. The van der Waals surface area contributed by atoms with Crippen molar-refractivity contribution in [3.8, 4) is 5.75 Å². The Morgan fingerprint density at radius 1 is 1.27 bits per heavy atom. The average molecular weight is 309 g/mol. The molecule has 5 heteroatoms. The minimum absolute atomic E-state index is 0.105. The first kappa shape index (κ1) is 18.5. The second-order valence-electron chi connectivity index (χ2n) is 5.50. The van der Waals surface area contributed by atoms with Gasteiger partial charge >= 0.3 is 5.97 Å². The third-order valence-corrected chi connectivity index (χ3v) is 3.84. The summed E-state index contributed by atoms with van der Waals surface area (Å²) < 4.78 is 9.85. The fourth-order valence-electron chi connectivity index (χ4n) is 2.57. The van der Waals surface area contributed by atoms with Crippen LogP contribution in [0.1, 0.15) is 44.1 Å². The maximum atomic E-state index is 11.5. The molecule has 0 aromatic heterocycles. The average Bonchev–Trinajstić information content (AvgIpc) is 2.52. The number of hydrogen-bond donors (Lipinski definition) is 2. The van der Waals surface area contributed by atoms with Gasteiger partial charge in [-0.25, -0.2) is 0 Å². The highest BCUT2D eigenvalue weighted by Gasteiger charge is 2.25. The van der Waals surface area contributed by atoms with Crippen LogP contribution < -0.4 is 10.5 Å². The van der Waals surface area contributed by atoms with Gasteiger partial charge in [0.25, 0.3) is 0 Å². The summed E-state index contributed by atoms with van der Waals surface area (Å²) >= 11 is 0. The van der Waals surface area contributed by atoms with E-state index in [0.29, 0.717) is 6.42 Å². The quantitative estimate of drug-likeness (QED) is 0.684. The SMILES string of the molecule is CCC[C@@H](O)C[C@@H](c1ccc(OC)cc1)[C@@H](N)CC(=O)OC. The molecule has 5 nitrogen and oxygen atoms in total. The van der Waals surface area contributed by atoms with Crippen LogP contribution in [-0.4, -0.2) is 37.4 Å². The zero-order valence-electron chi connectivity index (χ0n) is 13.6. The summed E-state index contributed by atoms with van der Waals surface area (Å²) in [6, 6.07) is 7.18. The number of hydrogen-bond acceptors (Lipinski definition) is 5. The molecule has 0 amide bonds. The molecule has 22 heavy (non-hydrogen) atoms. The molecule has 1 rings (SSSR count). The van der Waals surface area contributed by atoms with Crippen molar-refractivity contribution in [3.05, 3.63) is 29.8 Å². The molecule has 0 aliphatic rings. The number of carbonyl (C=O) groups is 1. The highest BCUT2D eigenvalue weighted by atomic mass is 16.5. The lowest BCUT2D eigenvalue weighted by Gasteiger charge is -2.26. The molecule has 124 valence electrons. The van der Waals surface area contributed by atoms with Gasteiger partial charge in [-0.3, -0.25) is 4.79 Å². The zero-order valence-corrected chi connectivity index (χ0v) is 13.6. The van der Waals surface area contributed by atoms with E-state index in [1.807, 2.05) is 31.2 Å². The van der Waals surface area contributed by atoms with Crippen LogP contribution in [0.2, 0.25) is 0 Å². The number of methoxy groups -OCH3 is 2. The molecule has 3 N–H and O–H groups in total. The zero-order chi connectivity index (χ0) is 16.5. The van der Waals surface area contributed by atoms with Gasteiger partial charge in [-0.05, 0) is 30.5 Å². The number of aliphatic hydroxyl groups is 1. The normalized spacial score (nSPS) is 15.0. The van der Waals surface area contributed by atoms with Gasteiger partial charge in [-0.1, -0.05) is 25.5 Å². The molecule has 0 fully saturated rings. The Balaban J connectivity index is 2.90. The third-order valence-electron chi connectivity index (χ3n) is 3.84. The van der Waals surface area contributed by atoms with Crippen molar-refractivity contribution in [1.82, 2.24) is 0 Å². The number of carbonyl (C=O) groups excluding carboxylic acids is 1. The monoisotopic (exact) mass is 309 g/mol. The molecule has 3 atom stereocenters. The first-order chi connectivity index (χ1) is 10.5. The predicted octanol–water partition coefficient (Wildman–Crippen LogP) is 2.22. The van der Waals surface area contributed by atoms with Gasteiger partial charge in [0, 0.05) is 12.0 Å². The van der Waals surface area contributed by atoms with Crippen LogP contribution in [0.15, 0.2) is 24.3 Å². The largest absolute Gasteiger partial charge is 0.497 e. The van der Waals surface area contributed by atoms with E-state index in [9.17, 15) is 9.90 Å². The fraction of sp³-hybridized carbons (Fsp3) is 0.588. The van der Waals surface area contributed by atoms with Crippen molar-refractivity contribution in [2.75, 3.05) is 14.2 Å². The van der Waals surface area contributed by atoms with E-state index in [1.54, 1.807) is 7.11 Å². The van der Waals surface area contributed by atoms with Crippen molar-refractivity contribution < 1.29 is 19.4 Å². The van der Waals surface area contributed by atoms with Crippen LogP contribution >= 0.6 is 0 Å². The summed E-state index contributed by atoms with van der Waals surface area (Å²) in [6.07, 6.45) is 1.85. The van der Waals surface area contributed by atoms with Crippen LogP contribution in [0.3, 0.4) is 0 Å². The van der Waals surface area contributed by atoms with E-state index in [2.05, 4.69) is 0 Å². The van der Waals surface area contributed by atoms with E-state index in [1.165, 1.54) is 7.11 Å². The van der Waals surface area contributed by atoms with Crippen LogP contribution in [0.4, 0.5) is 0 Å². The van der Waals surface area contributed by atoms with Gasteiger partial charge in [0.15, 0.2) is 0 Å². The second kappa shape index (κ2) is 9.43. The van der Waals surface area contributed by atoms with Crippen molar-refractivity contribution in [2.24, 2.45) is 5.73 Å². The lowest BCUT2D eigenvalue weighted by molar-refractivity contribution is -0.141. The smallest absolute Gasteiger partial charge is 0.307 e. The third kappa shape index (κ3) is 5.66. The lowest BCUT2D eigenvalue weighted by atomic mass is 9.84. The maximum absolute atomic E-state index is 11.5. The number of esters is 1. The first-order valence-electron chi connectivity index (χ1n) is 7.66. The molecule has 0 spiro atoms. The molecule has 0 saturated heterocycles. The Morgan fingerprint density at radius 2 is 1.91 bits per heavy atom. The first-order valence-corrected chi connectivity index (χ1v) is 7.66. The molecule has 0 radical (unpaired) electrons.